The van der Waals surface area contributed by atoms with Gasteiger partial charge in [-0.2, -0.15) is 0 Å². The van der Waals surface area contributed by atoms with Gasteiger partial charge < -0.3 is 19.2 Å². The summed E-state index contributed by atoms with van der Waals surface area (Å²) in [6.45, 7) is 0. The highest BCUT2D eigenvalue weighted by Crippen LogP contribution is 2.43. The van der Waals surface area contributed by atoms with E-state index in [4.69, 9.17) is 24.9 Å². The average molecular weight is 1400 g/mol. The molecule has 492 valence electrons. The fourth-order valence-corrected chi connectivity index (χ4v) is 15.0. The minimum absolute atomic E-state index is 0.430. The van der Waals surface area contributed by atoms with E-state index in [1.165, 1.54) is 27.1 Å². The van der Waals surface area contributed by atoms with Gasteiger partial charge in [0, 0.05) is 105 Å². The molecule has 0 amide bonds. The quantitative estimate of drug-likeness (QED) is 0.129. The highest BCUT2D eigenvalue weighted by molar-refractivity contribution is 9.10. The van der Waals surface area contributed by atoms with Crippen LogP contribution in [0.2, 0.25) is 0 Å². The van der Waals surface area contributed by atoms with Crippen LogP contribution >= 0.6 is 15.9 Å². The lowest BCUT2D eigenvalue weighted by molar-refractivity contribution is 0.426. The Bertz CT molecular complexity index is 6590. The lowest BCUT2D eigenvalue weighted by atomic mass is 9.79. The zero-order valence-electron chi connectivity index (χ0n) is 55.8. The Labute approximate surface area is 606 Å². The molecule has 0 spiro atoms. The van der Waals surface area contributed by atoms with Gasteiger partial charge in [-0.15, -0.1) is 0 Å². The Hall–Kier alpha value is -13.2. The van der Waals surface area contributed by atoms with Crippen molar-refractivity contribution < 1.29 is 10.0 Å². The van der Waals surface area contributed by atoms with Crippen LogP contribution in [0.25, 0.3) is 167 Å². The van der Waals surface area contributed by atoms with Gasteiger partial charge in [0.2, 0.25) is 0 Å². The van der Waals surface area contributed by atoms with E-state index in [9.17, 15) is 10.0 Å². The number of halogens is 1. The van der Waals surface area contributed by atoms with E-state index in [1.54, 1.807) is 6.07 Å². The highest BCUT2D eigenvalue weighted by atomic mass is 79.9. The first kappa shape index (κ1) is 63.0. The van der Waals surface area contributed by atoms with Crippen molar-refractivity contribution in [1.82, 2.24) is 48.2 Å². The third-order valence-corrected chi connectivity index (χ3v) is 19.7. The van der Waals surface area contributed by atoms with Crippen molar-refractivity contribution >= 4 is 116 Å². The molecule has 0 saturated carbocycles. The van der Waals surface area contributed by atoms with Crippen LogP contribution in [0.1, 0.15) is 0 Å². The molecule has 104 heavy (non-hydrogen) atoms. The summed E-state index contributed by atoms with van der Waals surface area (Å²) in [5, 5.41) is 29.4. The molecule has 0 bridgehead atoms. The molecule has 8 heterocycles. The summed E-state index contributed by atoms with van der Waals surface area (Å²) in [5.74, 6) is 1.33. The normalized spacial score (nSPS) is 11.4. The van der Waals surface area contributed by atoms with E-state index in [2.05, 4.69) is 211 Å². The average Bonchev–Trinajstić information content (AvgIpc) is 1.57. The maximum atomic E-state index is 10.2. The SMILES string of the molecule is Brc1ccc2c(c1)c1cccnc1n2-c1ccccc1.OB(O)c1cccc2c3ccccc3n(-c3cnc(-c4ccccc4)nc3-c3ccccc3)c12.c1ccc(-c2ncc(-n3c4ccccc4c4cccc(-c5ccc6c(c5)c5cccnc5n6-c5ccccc5)c43)c(-c3ccccc3)n2)cc1. The van der Waals surface area contributed by atoms with Crippen molar-refractivity contribution in [2.45, 2.75) is 0 Å². The highest BCUT2D eigenvalue weighted by Gasteiger charge is 2.26. The topological polar surface area (TPSA) is 138 Å². The fraction of sp³-hybridized carbons (Fsp3) is 0. The lowest BCUT2D eigenvalue weighted by Gasteiger charge is -2.16. The summed E-state index contributed by atoms with van der Waals surface area (Å²) in [4.78, 5) is 29.4. The molecule has 12 aromatic carbocycles. The van der Waals surface area contributed by atoms with Crippen LogP contribution in [0.4, 0.5) is 0 Å². The van der Waals surface area contributed by atoms with Crippen molar-refractivity contribution in [2.24, 2.45) is 0 Å². The van der Waals surface area contributed by atoms with Crippen LogP contribution in [0.5, 0.6) is 0 Å². The van der Waals surface area contributed by atoms with Gasteiger partial charge in [-0.25, -0.2) is 29.9 Å². The van der Waals surface area contributed by atoms with Crippen LogP contribution in [0.3, 0.4) is 0 Å². The van der Waals surface area contributed by atoms with Crippen molar-refractivity contribution in [2.75, 3.05) is 0 Å². The van der Waals surface area contributed by atoms with E-state index in [0.717, 1.165) is 132 Å². The second-order valence-electron chi connectivity index (χ2n) is 25.3. The van der Waals surface area contributed by atoms with E-state index in [-0.39, 0.29) is 0 Å². The fourth-order valence-electron chi connectivity index (χ4n) is 14.7. The molecule has 0 atom stereocenters. The Morgan fingerprint density at radius 1 is 0.288 bits per heavy atom. The summed E-state index contributed by atoms with van der Waals surface area (Å²) >= 11 is 3.55. The molecule has 20 rings (SSSR count). The van der Waals surface area contributed by atoms with Gasteiger partial charge >= 0.3 is 7.12 Å². The molecule has 20 aromatic rings. The Kier molecular flexibility index (Phi) is 16.4. The maximum Gasteiger partial charge on any atom is 0.490 e. The molecule has 0 unspecified atom stereocenters. The first-order chi connectivity index (χ1) is 51.4. The Balaban J connectivity index is 0.000000122. The number of rotatable bonds is 10. The first-order valence-electron chi connectivity index (χ1n) is 34.3. The van der Waals surface area contributed by atoms with Crippen molar-refractivity contribution in [3.05, 3.63) is 357 Å². The number of pyridine rings is 2. The molecule has 0 fully saturated rings. The number of benzene rings is 12. The number of para-hydroxylation sites is 6. The first-order valence-corrected chi connectivity index (χ1v) is 35.1. The predicted octanol–water partition coefficient (Wildman–Crippen LogP) is 20.6. The van der Waals surface area contributed by atoms with Gasteiger partial charge in [0.15, 0.2) is 11.6 Å². The lowest BCUT2D eigenvalue weighted by Crippen LogP contribution is -2.31. The Morgan fingerprint density at radius 3 is 1.18 bits per heavy atom. The molecule has 0 radical (unpaired) electrons. The van der Waals surface area contributed by atoms with Crippen LogP contribution in [-0.2, 0) is 0 Å². The van der Waals surface area contributed by atoms with Crippen LogP contribution in [0.15, 0.2) is 357 Å². The van der Waals surface area contributed by atoms with Crippen LogP contribution < -0.4 is 5.46 Å². The standard InChI is InChI=1S/C45H29N5.C28H20BN3O2.C17H11BrN2/c1-4-14-30(15-5-1)42-41(29-47-44(48-42)31-16-6-2-7-17-31)50-39-24-11-10-20-35(39)36-22-12-21-34(43(36)50)32-25-26-40-38(28-32)37-23-13-27-46-45(37)49(40)33-18-8-3-9-19-33;33-29(34)23-16-9-15-22-21-14-7-8-17-24(21)32(27(22)23)25-18-30-28(20-12-5-2-6-13-20)31-26(25)19-10-3-1-4-11-19;18-12-8-9-16-15(11-12)14-7-4-10-19-17(14)20(16)13-5-2-1-3-6-13/h1-29H;1-18,33-34H;1-11H. The molecule has 0 saturated heterocycles. The maximum absolute atomic E-state index is 10.2. The van der Waals surface area contributed by atoms with Crippen LogP contribution in [0, 0.1) is 0 Å². The van der Waals surface area contributed by atoms with Crippen molar-refractivity contribution in [3.63, 3.8) is 0 Å². The van der Waals surface area contributed by atoms with Gasteiger partial charge in [0.1, 0.15) is 11.3 Å². The zero-order valence-corrected chi connectivity index (χ0v) is 57.4. The molecule has 12 nitrogen and oxygen atoms in total. The van der Waals surface area contributed by atoms with Gasteiger partial charge in [-0.1, -0.05) is 253 Å². The smallest absolute Gasteiger partial charge is 0.423 e. The summed E-state index contributed by atoms with van der Waals surface area (Å²) in [6, 6.07) is 112. The second kappa shape index (κ2) is 27.0. The zero-order chi connectivity index (χ0) is 69.6. The number of hydrogen-bond donors (Lipinski definition) is 2. The molecule has 14 heteroatoms. The minimum Gasteiger partial charge on any atom is -0.423 e. The van der Waals surface area contributed by atoms with Gasteiger partial charge in [0.05, 0.1) is 68.3 Å². The third-order valence-electron chi connectivity index (χ3n) is 19.2. The number of aromatic nitrogens is 10. The molecular weight excluding hydrogens is 1340 g/mol. The van der Waals surface area contributed by atoms with Crippen LogP contribution in [-0.4, -0.2) is 65.3 Å². The van der Waals surface area contributed by atoms with E-state index in [1.807, 2.05) is 175 Å². The summed E-state index contributed by atoms with van der Waals surface area (Å²) in [5.41, 5.74) is 20.3. The monoisotopic (exact) mass is 1400 g/mol. The number of hydrogen-bond acceptors (Lipinski definition) is 8. The third kappa shape index (κ3) is 11.2. The van der Waals surface area contributed by atoms with E-state index >= 15 is 0 Å². The molecular formula is C90H60BBrN10O2. The number of fused-ring (bicyclic) bond motifs is 12. The predicted molar refractivity (Wildman–Crippen MR) is 428 cm³/mol. The molecule has 0 aliphatic carbocycles. The molecule has 0 aliphatic heterocycles. The van der Waals surface area contributed by atoms with E-state index in [0.29, 0.717) is 17.1 Å². The largest absolute Gasteiger partial charge is 0.490 e. The van der Waals surface area contributed by atoms with E-state index < -0.39 is 7.12 Å². The minimum atomic E-state index is -1.61. The molecule has 0 aliphatic rings. The van der Waals surface area contributed by atoms with Gasteiger partial charge in [-0.3, -0.25) is 9.13 Å². The molecule has 8 aromatic heterocycles. The number of nitrogens with zero attached hydrogens (tertiary/aromatic N) is 10. The van der Waals surface area contributed by atoms with Gasteiger partial charge in [0.25, 0.3) is 0 Å². The second-order valence-corrected chi connectivity index (χ2v) is 26.2. The van der Waals surface area contributed by atoms with Crippen molar-refractivity contribution in [1.29, 1.82) is 0 Å². The molecule has 2 N–H and O–H groups in total. The summed E-state index contributed by atoms with van der Waals surface area (Å²) in [7, 11) is -1.61. The summed E-state index contributed by atoms with van der Waals surface area (Å²) in [6.07, 6.45) is 7.53. The Morgan fingerprint density at radius 2 is 0.683 bits per heavy atom. The van der Waals surface area contributed by atoms with Crippen molar-refractivity contribution in [3.8, 4) is 79.2 Å². The van der Waals surface area contributed by atoms with Gasteiger partial charge in [-0.05, 0) is 96.6 Å². The summed E-state index contributed by atoms with van der Waals surface area (Å²) < 4.78 is 9.94.